The van der Waals surface area contributed by atoms with Gasteiger partial charge < -0.3 is 9.73 Å². The highest BCUT2D eigenvalue weighted by Crippen LogP contribution is 2.15. The van der Waals surface area contributed by atoms with Gasteiger partial charge in [-0.25, -0.2) is 4.68 Å². The first kappa shape index (κ1) is 15.0. The number of aromatic nitrogens is 3. The molecule has 0 saturated carbocycles. The van der Waals surface area contributed by atoms with Crippen LogP contribution in [0.4, 0.5) is 5.69 Å². The molecule has 3 rings (SSSR count). The molecule has 0 aliphatic carbocycles. The first-order valence-electron chi connectivity index (χ1n) is 7.27. The molecule has 2 aromatic heterocycles. The van der Waals surface area contributed by atoms with Crippen molar-refractivity contribution in [3.05, 3.63) is 52.7 Å². The summed E-state index contributed by atoms with van der Waals surface area (Å²) in [6, 6.07) is 8.13. The zero-order chi connectivity index (χ0) is 16.4. The highest BCUT2D eigenvalue weighted by atomic mass is 16.3. The standard InChI is InChI=1S/C16H16N4O3/c1-10(2)9-20-16(22)12-8-11(5-6-13(12)18-19-20)17-15(21)14-4-3-7-23-14/h3-8,10H,9H2,1-2H3,(H,17,21). The molecule has 0 aliphatic heterocycles. The van der Waals surface area contributed by atoms with Gasteiger partial charge in [-0.1, -0.05) is 19.1 Å². The van der Waals surface area contributed by atoms with Crippen molar-refractivity contribution >= 4 is 22.5 Å². The first-order valence-corrected chi connectivity index (χ1v) is 7.27. The maximum atomic E-state index is 12.5. The summed E-state index contributed by atoms with van der Waals surface area (Å²) < 4.78 is 6.38. The van der Waals surface area contributed by atoms with Crippen molar-refractivity contribution in [1.82, 2.24) is 15.0 Å². The normalized spacial score (nSPS) is 11.1. The molecule has 118 valence electrons. The van der Waals surface area contributed by atoms with E-state index >= 15 is 0 Å². The maximum absolute atomic E-state index is 12.5. The molecule has 7 nitrogen and oxygen atoms in total. The molecule has 7 heteroatoms. The minimum Gasteiger partial charge on any atom is -0.459 e. The Kier molecular flexibility index (Phi) is 3.92. The highest BCUT2D eigenvalue weighted by Gasteiger charge is 2.11. The summed E-state index contributed by atoms with van der Waals surface area (Å²) in [6.07, 6.45) is 1.43. The number of furan rings is 1. The number of anilines is 1. The fraction of sp³-hybridized carbons (Fsp3) is 0.250. The van der Waals surface area contributed by atoms with Crippen LogP contribution in [-0.2, 0) is 6.54 Å². The third-order valence-electron chi connectivity index (χ3n) is 3.26. The van der Waals surface area contributed by atoms with Crippen molar-refractivity contribution in [3.8, 4) is 0 Å². The fourth-order valence-electron chi connectivity index (χ4n) is 2.22. The number of fused-ring (bicyclic) bond motifs is 1. The van der Waals surface area contributed by atoms with E-state index in [1.165, 1.54) is 10.9 Å². The van der Waals surface area contributed by atoms with Crippen LogP contribution in [0.5, 0.6) is 0 Å². The third kappa shape index (κ3) is 3.13. The van der Waals surface area contributed by atoms with E-state index in [9.17, 15) is 9.59 Å². The molecule has 2 heterocycles. The van der Waals surface area contributed by atoms with E-state index in [1.807, 2.05) is 13.8 Å². The van der Waals surface area contributed by atoms with Crippen molar-refractivity contribution in [2.45, 2.75) is 20.4 Å². The van der Waals surface area contributed by atoms with Gasteiger partial charge in [0.2, 0.25) is 0 Å². The minimum absolute atomic E-state index is 0.204. The number of carbonyl (C=O) groups excluding carboxylic acids is 1. The quantitative estimate of drug-likeness (QED) is 0.798. The Labute approximate surface area is 131 Å². The van der Waals surface area contributed by atoms with Gasteiger partial charge in [0.05, 0.1) is 11.6 Å². The monoisotopic (exact) mass is 312 g/mol. The second-order valence-electron chi connectivity index (χ2n) is 5.63. The highest BCUT2D eigenvalue weighted by molar-refractivity contribution is 6.03. The predicted molar refractivity (Wildman–Crippen MR) is 85.3 cm³/mol. The van der Waals surface area contributed by atoms with Crippen LogP contribution in [0.3, 0.4) is 0 Å². The number of hydrogen-bond acceptors (Lipinski definition) is 5. The Balaban J connectivity index is 1.95. The lowest BCUT2D eigenvalue weighted by atomic mass is 10.2. The van der Waals surface area contributed by atoms with Gasteiger partial charge in [0.1, 0.15) is 5.52 Å². The lowest BCUT2D eigenvalue weighted by Crippen LogP contribution is -2.26. The molecule has 0 radical (unpaired) electrons. The van der Waals surface area contributed by atoms with E-state index in [0.29, 0.717) is 23.1 Å². The smallest absolute Gasteiger partial charge is 0.291 e. The zero-order valence-corrected chi connectivity index (χ0v) is 12.8. The molecule has 0 fully saturated rings. The van der Waals surface area contributed by atoms with E-state index in [2.05, 4.69) is 15.6 Å². The van der Waals surface area contributed by atoms with E-state index in [1.54, 1.807) is 30.3 Å². The minimum atomic E-state index is -0.376. The largest absolute Gasteiger partial charge is 0.459 e. The van der Waals surface area contributed by atoms with Gasteiger partial charge in [0, 0.05) is 12.2 Å². The summed E-state index contributed by atoms with van der Waals surface area (Å²) in [6.45, 7) is 4.49. The topological polar surface area (TPSA) is 90.0 Å². The number of hydrogen-bond donors (Lipinski definition) is 1. The lowest BCUT2D eigenvalue weighted by molar-refractivity contribution is 0.0996. The molecule has 1 amide bonds. The zero-order valence-electron chi connectivity index (χ0n) is 12.8. The molecule has 0 unspecified atom stereocenters. The number of carbonyl (C=O) groups is 1. The van der Waals surface area contributed by atoms with Crippen LogP contribution in [0, 0.1) is 5.92 Å². The number of nitrogens with zero attached hydrogens (tertiary/aromatic N) is 3. The van der Waals surface area contributed by atoms with Gasteiger partial charge in [0.15, 0.2) is 5.76 Å². The van der Waals surface area contributed by atoms with Gasteiger partial charge in [-0.2, -0.15) is 0 Å². The Bertz CT molecular complexity index is 897. The van der Waals surface area contributed by atoms with E-state index in [4.69, 9.17) is 4.42 Å². The van der Waals surface area contributed by atoms with E-state index in [0.717, 1.165) is 0 Å². The molecule has 1 N–H and O–H groups in total. The van der Waals surface area contributed by atoms with Gasteiger partial charge in [-0.05, 0) is 36.2 Å². The van der Waals surface area contributed by atoms with Crippen molar-refractivity contribution in [1.29, 1.82) is 0 Å². The second kappa shape index (κ2) is 6.04. The van der Waals surface area contributed by atoms with Crippen LogP contribution >= 0.6 is 0 Å². The molecule has 0 saturated heterocycles. The molecular formula is C16H16N4O3. The van der Waals surface area contributed by atoms with Gasteiger partial charge in [0.25, 0.3) is 11.5 Å². The van der Waals surface area contributed by atoms with Gasteiger partial charge in [-0.15, -0.1) is 5.10 Å². The molecule has 1 aromatic carbocycles. The van der Waals surface area contributed by atoms with Crippen LogP contribution in [-0.4, -0.2) is 20.9 Å². The summed E-state index contributed by atoms with van der Waals surface area (Å²) >= 11 is 0. The lowest BCUT2D eigenvalue weighted by Gasteiger charge is -2.08. The number of rotatable bonds is 4. The van der Waals surface area contributed by atoms with Crippen LogP contribution in [0.1, 0.15) is 24.4 Å². The van der Waals surface area contributed by atoms with Crippen LogP contribution in [0.25, 0.3) is 10.9 Å². The molecule has 0 aliphatic rings. The number of benzene rings is 1. The van der Waals surface area contributed by atoms with Crippen LogP contribution in [0.15, 0.2) is 45.8 Å². The molecular weight excluding hydrogens is 296 g/mol. The average molecular weight is 312 g/mol. The Morgan fingerprint density at radius 1 is 1.35 bits per heavy atom. The molecule has 0 bridgehead atoms. The average Bonchev–Trinajstić information content (AvgIpc) is 3.05. The van der Waals surface area contributed by atoms with Crippen molar-refractivity contribution in [3.63, 3.8) is 0 Å². The summed E-state index contributed by atoms with van der Waals surface area (Å²) in [5, 5.41) is 11.1. The van der Waals surface area contributed by atoms with Crippen LogP contribution in [0.2, 0.25) is 0 Å². The van der Waals surface area contributed by atoms with Crippen molar-refractivity contribution in [2.75, 3.05) is 5.32 Å². The fourth-order valence-corrected chi connectivity index (χ4v) is 2.22. The Hall–Kier alpha value is -2.96. The summed E-state index contributed by atoms with van der Waals surface area (Å²) in [7, 11) is 0. The third-order valence-corrected chi connectivity index (χ3v) is 3.26. The number of amides is 1. The molecule has 0 spiro atoms. The Morgan fingerprint density at radius 2 is 2.17 bits per heavy atom. The summed E-state index contributed by atoms with van der Waals surface area (Å²) in [5.74, 6) is 0.107. The van der Waals surface area contributed by atoms with Crippen molar-refractivity contribution in [2.24, 2.45) is 5.92 Å². The molecule has 0 atom stereocenters. The van der Waals surface area contributed by atoms with Gasteiger partial charge in [-0.3, -0.25) is 9.59 Å². The Morgan fingerprint density at radius 3 is 2.87 bits per heavy atom. The molecule has 3 aromatic rings. The summed E-state index contributed by atoms with van der Waals surface area (Å²) in [5.41, 5.74) is 0.767. The van der Waals surface area contributed by atoms with Crippen LogP contribution < -0.4 is 10.9 Å². The summed E-state index contributed by atoms with van der Waals surface area (Å²) in [4.78, 5) is 24.5. The van der Waals surface area contributed by atoms with E-state index in [-0.39, 0.29) is 23.1 Å². The predicted octanol–water partition coefficient (Wildman–Crippen LogP) is 2.29. The number of nitrogens with one attached hydrogen (secondary N) is 1. The SMILES string of the molecule is CC(C)Cn1nnc2ccc(NC(=O)c3ccco3)cc2c1=O. The second-order valence-corrected chi connectivity index (χ2v) is 5.63. The maximum Gasteiger partial charge on any atom is 0.291 e. The van der Waals surface area contributed by atoms with Crippen molar-refractivity contribution < 1.29 is 9.21 Å². The molecule has 23 heavy (non-hydrogen) atoms. The van der Waals surface area contributed by atoms with Gasteiger partial charge >= 0.3 is 0 Å². The first-order chi connectivity index (χ1) is 11.0. The van der Waals surface area contributed by atoms with E-state index < -0.39 is 0 Å².